The van der Waals surface area contributed by atoms with Crippen LogP contribution in [0.1, 0.15) is 33.1 Å². The van der Waals surface area contributed by atoms with Crippen molar-refractivity contribution < 1.29 is 33.4 Å². The molecule has 1 aromatic rings. The summed E-state index contributed by atoms with van der Waals surface area (Å²) in [5.74, 6) is -1.43. The van der Waals surface area contributed by atoms with Gasteiger partial charge in [0.1, 0.15) is 17.5 Å². The van der Waals surface area contributed by atoms with Crippen molar-refractivity contribution in [1.82, 2.24) is 4.90 Å². The Morgan fingerprint density at radius 1 is 1.06 bits per heavy atom. The van der Waals surface area contributed by atoms with E-state index in [4.69, 9.17) is 14.2 Å². The smallest absolute Gasteiger partial charge is 0.330 e. The number of hydrogen-bond donors (Lipinski definition) is 1. The third-order valence-corrected chi connectivity index (χ3v) is 7.14. The van der Waals surface area contributed by atoms with E-state index in [0.717, 1.165) is 24.2 Å². The number of carbonyl (C=O) groups is 4. The molecule has 1 aliphatic heterocycles. The SMILES string of the molecule is COc1ccc(OC)c(NC(=O)COC(=O)[C@H](C(C)C)N2C(=O)[C@@H]3[C@H]4CC[C@@H](C4)[C@H]3C2=O)c1. The number of nitrogens with zero attached hydrogens (tertiary/aromatic N) is 1. The molecule has 3 fully saturated rings. The molecule has 5 atom stereocenters. The first-order valence-corrected chi connectivity index (χ1v) is 11.3. The minimum absolute atomic E-state index is 0.230. The minimum Gasteiger partial charge on any atom is -0.497 e. The number of imide groups is 1. The van der Waals surface area contributed by atoms with Crippen molar-refractivity contribution in [3.05, 3.63) is 18.2 Å². The van der Waals surface area contributed by atoms with Crippen LogP contribution in [0.25, 0.3) is 0 Å². The molecule has 0 aromatic heterocycles. The molecular weight excluding hydrogens is 428 g/mol. The molecule has 1 heterocycles. The Labute approximate surface area is 192 Å². The fourth-order valence-corrected chi connectivity index (χ4v) is 5.70. The predicted molar refractivity (Wildman–Crippen MR) is 117 cm³/mol. The van der Waals surface area contributed by atoms with E-state index in [0.29, 0.717) is 17.2 Å². The van der Waals surface area contributed by atoms with E-state index in [1.807, 2.05) is 0 Å². The summed E-state index contributed by atoms with van der Waals surface area (Å²) < 4.78 is 15.7. The van der Waals surface area contributed by atoms with Gasteiger partial charge in [-0.2, -0.15) is 0 Å². The fraction of sp³-hybridized carbons (Fsp3) is 0.583. The Hall–Kier alpha value is -3.10. The first kappa shape index (κ1) is 23.1. The van der Waals surface area contributed by atoms with Crippen molar-refractivity contribution in [2.75, 3.05) is 26.1 Å². The Morgan fingerprint density at radius 2 is 1.70 bits per heavy atom. The summed E-state index contributed by atoms with van der Waals surface area (Å²) in [6.07, 6.45) is 2.85. The second-order valence-corrected chi connectivity index (χ2v) is 9.34. The number of rotatable bonds is 8. The van der Waals surface area contributed by atoms with Crippen LogP contribution >= 0.6 is 0 Å². The molecular formula is C24H30N2O7. The Morgan fingerprint density at radius 3 is 2.24 bits per heavy atom. The standard InChI is InChI=1S/C24H30N2O7/c1-12(2)21(26-22(28)19-13-5-6-14(9-13)20(19)23(26)29)24(30)33-11-18(27)25-16-10-15(31-3)7-8-17(16)32-4/h7-8,10,12-14,19-21H,5-6,9,11H2,1-4H3,(H,25,27)/t13-,14-,19+,20+,21-/m0/s1. The highest BCUT2D eigenvalue weighted by Gasteiger charge is 2.62. The Balaban J connectivity index is 1.42. The van der Waals surface area contributed by atoms with Crippen molar-refractivity contribution in [2.45, 2.75) is 39.2 Å². The second kappa shape index (κ2) is 9.03. The van der Waals surface area contributed by atoms with Gasteiger partial charge in [-0.1, -0.05) is 13.8 Å². The molecule has 1 saturated heterocycles. The average Bonchev–Trinajstić information content (AvgIpc) is 3.47. The second-order valence-electron chi connectivity index (χ2n) is 9.34. The number of methoxy groups -OCH3 is 2. The number of amides is 3. The highest BCUT2D eigenvalue weighted by molar-refractivity contribution is 6.08. The molecule has 0 spiro atoms. The van der Waals surface area contributed by atoms with Crippen LogP contribution in [0.5, 0.6) is 11.5 Å². The molecule has 0 unspecified atom stereocenters. The third-order valence-electron chi connectivity index (χ3n) is 7.14. The number of ether oxygens (including phenoxy) is 3. The van der Waals surface area contributed by atoms with Gasteiger partial charge in [-0.05, 0) is 49.1 Å². The van der Waals surface area contributed by atoms with Gasteiger partial charge in [0.15, 0.2) is 6.61 Å². The fourth-order valence-electron chi connectivity index (χ4n) is 5.70. The molecule has 178 valence electrons. The number of fused-ring (bicyclic) bond motifs is 5. The van der Waals surface area contributed by atoms with E-state index < -0.39 is 24.5 Å². The molecule has 0 radical (unpaired) electrons. The summed E-state index contributed by atoms with van der Waals surface area (Å²) in [5.41, 5.74) is 0.367. The highest BCUT2D eigenvalue weighted by atomic mass is 16.5. The topological polar surface area (TPSA) is 111 Å². The lowest BCUT2D eigenvalue weighted by Crippen LogP contribution is -2.50. The molecule has 1 aromatic carbocycles. The van der Waals surface area contributed by atoms with Crippen molar-refractivity contribution in [2.24, 2.45) is 29.6 Å². The molecule has 9 heteroatoms. The molecule has 2 saturated carbocycles. The molecule has 2 bridgehead atoms. The molecule has 4 rings (SSSR count). The van der Waals surface area contributed by atoms with Crippen LogP contribution in [0.2, 0.25) is 0 Å². The van der Waals surface area contributed by atoms with Gasteiger partial charge in [-0.25, -0.2) is 4.79 Å². The summed E-state index contributed by atoms with van der Waals surface area (Å²) >= 11 is 0. The van der Waals surface area contributed by atoms with Crippen LogP contribution in [0, 0.1) is 29.6 Å². The number of carbonyl (C=O) groups excluding carboxylic acids is 4. The lowest BCUT2D eigenvalue weighted by Gasteiger charge is -2.28. The maximum Gasteiger partial charge on any atom is 0.330 e. The lowest BCUT2D eigenvalue weighted by molar-refractivity contribution is -0.162. The van der Waals surface area contributed by atoms with Crippen LogP contribution in [0.3, 0.4) is 0 Å². The summed E-state index contributed by atoms with van der Waals surface area (Å²) in [6, 6.07) is 3.87. The molecule has 9 nitrogen and oxygen atoms in total. The van der Waals surface area contributed by atoms with Gasteiger partial charge < -0.3 is 19.5 Å². The first-order chi connectivity index (χ1) is 15.8. The summed E-state index contributed by atoms with van der Waals surface area (Å²) in [4.78, 5) is 52.8. The number of nitrogens with one attached hydrogen (secondary N) is 1. The third kappa shape index (κ3) is 4.05. The monoisotopic (exact) mass is 458 g/mol. The molecule has 2 aliphatic carbocycles. The van der Waals surface area contributed by atoms with Crippen molar-refractivity contribution in [3.8, 4) is 11.5 Å². The highest BCUT2D eigenvalue weighted by Crippen LogP contribution is 2.56. The lowest BCUT2D eigenvalue weighted by atomic mass is 9.81. The first-order valence-electron chi connectivity index (χ1n) is 11.3. The molecule has 1 N–H and O–H groups in total. The van der Waals surface area contributed by atoms with E-state index >= 15 is 0 Å². The zero-order chi connectivity index (χ0) is 23.9. The predicted octanol–water partition coefficient (Wildman–Crippen LogP) is 2.24. The van der Waals surface area contributed by atoms with Crippen LogP contribution < -0.4 is 14.8 Å². The summed E-state index contributed by atoms with van der Waals surface area (Å²) in [7, 11) is 2.97. The number of esters is 1. The van der Waals surface area contributed by atoms with Crippen LogP contribution in [-0.4, -0.2) is 55.5 Å². The van der Waals surface area contributed by atoms with Crippen molar-refractivity contribution in [3.63, 3.8) is 0 Å². The summed E-state index contributed by atoms with van der Waals surface area (Å²) in [5, 5.41) is 2.63. The van der Waals surface area contributed by atoms with Crippen LogP contribution in [0.4, 0.5) is 5.69 Å². The van der Waals surface area contributed by atoms with Crippen LogP contribution in [0.15, 0.2) is 18.2 Å². The number of benzene rings is 1. The molecule has 3 aliphatic rings. The van der Waals surface area contributed by atoms with Gasteiger partial charge in [-0.15, -0.1) is 0 Å². The average molecular weight is 459 g/mol. The largest absolute Gasteiger partial charge is 0.497 e. The van der Waals surface area contributed by atoms with Gasteiger partial charge in [-0.3, -0.25) is 19.3 Å². The van der Waals surface area contributed by atoms with Gasteiger partial charge in [0.05, 0.1) is 31.7 Å². The van der Waals surface area contributed by atoms with E-state index in [1.165, 1.54) is 14.2 Å². The van der Waals surface area contributed by atoms with Gasteiger partial charge in [0.2, 0.25) is 11.8 Å². The van der Waals surface area contributed by atoms with E-state index in [1.54, 1.807) is 32.0 Å². The van der Waals surface area contributed by atoms with Crippen molar-refractivity contribution >= 4 is 29.4 Å². The van der Waals surface area contributed by atoms with E-state index in [-0.39, 0.29) is 41.4 Å². The maximum atomic E-state index is 13.1. The summed E-state index contributed by atoms with van der Waals surface area (Å²) in [6.45, 7) is 2.96. The number of hydrogen-bond acceptors (Lipinski definition) is 7. The molecule has 33 heavy (non-hydrogen) atoms. The normalized spacial score (nSPS) is 26.4. The van der Waals surface area contributed by atoms with Crippen LogP contribution in [-0.2, 0) is 23.9 Å². The van der Waals surface area contributed by atoms with E-state index in [9.17, 15) is 19.2 Å². The maximum absolute atomic E-state index is 13.1. The Kier molecular flexibility index (Phi) is 6.32. The zero-order valence-electron chi connectivity index (χ0n) is 19.3. The molecule has 3 amide bonds. The van der Waals surface area contributed by atoms with E-state index in [2.05, 4.69) is 5.32 Å². The quantitative estimate of drug-likeness (QED) is 0.470. The Bertz CT molecular complexity index is 948. The van der Waals surface area contributed by atoms with Crippen molar-refractivity contribution in [1.29, 1.82) is 0 Å². The number of anilines is 1. The number of likely N-dealkylation sites (tertiary alicyclic amines) is 1. The van der Waals surface area contributed by atoms with Gasteiger partial charge in [0.25, 0.3) is 5.91 Å². The van der Waals surface area contributed by atoms with Gasteiger partial charge >= 0.3 is 5.97 Å². The zero-order valence-corrected chi connectivity index (χ0v) is 19.3. The van der Waals surface area contributed by atoms with Gasteiger partial charge in [0, 0.05) is 6.07 Å². The minimum atomic E-state index is -1.05.